The van der Waals surface area contributed by atoms with Crippen molar-refractivity contribution in [3.05, 3.63) is 89.5 Å². The topological polar surface area (TPSA) is 73.0 Å². The number of para-hydroxylation sites is 2. The Morgan fingerprint density at radius 1 is 0.947 bits per heavy atom. The second-order valence-electron chi connectivity index (χ2n) is 9.04. The first kappa shape index (κ1) is 25.3. The van der Waals surface area contributed by atoms with Crippen molar-refractivity contribution in [3.63, 3.8) is 0 Å². The van der Waals surface area contributed by atoms with Crippen molar-refractivity contribution < 1.29 is 27.6 Å². The highest BCUT2D eigenvalue weighted by atomic mass is 19.4. The van der Waals surface area contributed by atoms with Crippen LogP contribution in [-0.2, 0) is 21.4 Å². The summed E-state index contributed by atoms with van der Waals surface area (Å²) in [6.07, 6.45) is -4.66. The van der Waals surface area contributed by atoms with E-state index in [-0.39, 0.29) is 23.7 Å². The van der Waals surface area contributed by atoms with E-state index in [9.17, 15) is 27.6 Å². The number of carbonyl (C=O) groups excluding carboxylic acids is 3. The second-order valence-corrected chi connectivity index (χ2v) is 9.04. The summed E-state index contributed by atoms with van der Waals surface area (Å²) < 4.78 is 41.0. The van der Waals surface area contributed by atoms with Gasteiger partial charge in [0.15, 0.2) is 0 Å². The number of amides is 3. The number of likely N-dealkylation sites (N-methyl/N-ethyl adjacent to an activating group) is 1. The van der Waals surface area contributed by atoms with Crippen molar-refractivity contribution in [2.24, 2.45) is 0 Å². The lowest BCUT2D eigenvalue weighted by Gasteiger charge is -2.45. The van der Waals surface area contributed by atoms with E-state index < -0.39 is 29.2 Å². The van der Waals surface area contributed by atoms with Crippen LogP contribution in [0.4, 0.5) is 30.2 Å². The van der Waals surface area contributed by atoms with Crippen LogP contribution in [-0.4, -0.2) is 42.3 Å². The first-order chi connectivity index (χ1) is 18.1. The molecule has 0 bridgehead atoms. The van der Waals surface area contributed by atoms with Crippen LogP contribution in [0.2, 0.25) is 0 Å². The van der Waals surface area contributed by atoms with E-state index in [2.05, 4.69) is 5.32 Å². The number of nitrogens with zero attached hydrogens (tertiary/aromatic N) is 3. The van der Waals surface area contributed by atoms with Crippen LogP contribution in [0, 0.1) is 0 Å². The molecule has 3 aromatic carbocycles. The van der Waals surface area contributed by atoms with E-state index in [1.165, 1.54) is 17.0 Å². The Hall–Kier alpha value is -4.34. The fourth-order valence-electron chi connectivity index (χ4n) is 5.17. The minimum absolute atomic E-state index is 0.105. The molecule has 0 fully saturated rings. The Bertz CT molecular complexity index is 1440. The minimum atomic E-state index is -4.66. The predicted molar refractivity (Wildman–Crippen MR) is 137 cm³/mol. The highest BCUT2D eigenvalue weighted by Gasteiger charge is 2.60. The van der Waals surface area contributed by atoms with Crippen LogP contribution < -0.4 is 15.1 Å². The van der Waals surface area contributed by atoms with Gasteiger partial charge in [0, 0.05) is 30.0 Å². The van der Waals surface area contributed by atoms with E-state index in [4.69, 9.17) is 0 Å². The Morgan fingerprint density at radius 3 is 2.34 bits per heavy atom. The molecule has 3 amide bonds. The molecule has 196 valence electrons. The van der Waals surface area contributed by atoms with Crippen LogP contribution in [0.5, 0.6) is 0 Å². The molecule has 0 saturated heterocycles. The van der Waals surface area contributed by atoms with Crippen LogP contribution in [0.25, 0.3) is 0 Å². The molecule has 1 spiro atoms. The summed E-state index contributed by atoms with van der Waals surface area (Å²) in [5.41, 5.74) is -1.64. The van der Waals surface area contributed by atoms with Gasteiger partial charge in [-0.25, -0.2) is 0 Å². The summed E-state index contributed by atoms with van der Waals surface area (Å²) in [5, 5.41) is 3.18. The monoisotopic (exact) mass is 522 g/mol. The molecule has 0 radical (unpaired) electrons. The molecule has 3 aromatic rings. The fraction of sp³-hybridized carbons (Fsp3) is 0.250. The molecule has 2 heterocycles. The zero-order valence-corrected chi connectivity index (χ0v) is 20.7. The summed E-state index contributed by atoms with van der Waals surface area (Å²) in [5.74, 6) is -1.57. The Balaban J connectivity index is 1.73. The van der Waals surface area contributed by atoms with Crippen molar-refractivity contribution in [2.45, 2.75) is 25.7 Å². The van der Waals surface area contributed by atoms with Gasteiger partial charge in [-0.1, -0.05) is 36.4 Å². The second kappa shape index (κ2) is 9.20. The van der Waals surface area contributed by atoms with Crippen LogP contribution in [0.3, 0.4) is 0 Å². The van der Waals surface area contributed by atoms with Gasteiger partial charge in [-0.05, 0) is 50.2 Å². The minimum Gasteiger partial charge on any atom is -0.350 e. The third-order valence-corrected chi connectivity index (χ3v) is 6.99. The number of rotatable bonds is 5. The van der Waals surface area contributed by atoms with Crippen molar-refractivity contribution in [2.75, 3.05) is 34.8 Å². The number of benzene rings is 3. The molecule has 5 rings (SSSR count). The fourth-order valence-corrected chi connectivity index (χ4v) is 5.17. The number of alkyl halides is 3. The maximum atomic E-state index is 14.4. The molecule has 7 nitrogen and oxygen atoms in total. The Kier molecular flexibility index (Phi) is 6.13. The van der Waals surface area contributed by atoms with Gasteiger partial charge in [-0.3, -0.25) is 24.2 Å². The molecule has 0 aromatic heterocycles. The van der Waals surface area contributed by atoms with Gasteiger partial charge in [-0.15, -0.1) is 0 Å². The number of hydrogen-bond donors (Lipinski definition) is 1. The van der Waals surface area contributed by atoms with Gasteiger partial charge in [0.2, 0.25) is 11.6 Å². The van der Waals surface area contributed by atoms with Gasteiger partial charge in [0.25, 0.3) is 11.8 Å². The lowest BCUT2D eigenvalue weighted by molar-refractivity contribution is -0.137. The third-order valence-electron chi connectivity index (χ3n) is 6.99. The molecule has 38 heavy (non-hydrogen) atoms. The maximum Gasteiger partial charge on any atom is 0.416 e. The smallest absolute Gasteiger partial charge is 0.350 e. The average molecular weight is 523 g/mol. The molecule has 1 unspecified atom stereocenters. The quantitative estimate of drug-likeness (QED) is 0.520. The molecule has 1 N–H and O–H groups in total. The SMILES string of the molecule is CCN(CC)C(=O)CN1C(=O)C2(Nc3ccccc3C(=O)N2c2cccc(C(F)(F)F)c2)c2ccccc21. The molecule has 10 heteroatoms. The van der Waals surface area contributed by atoms with Crippen LogP contribution in [0.15, 0.2) is 72.8 Å². The molecule has 2 aliphatic heterocycles. The zero-order chi connectivity index (χ0) is 27.2. The van der Waals surface area contributed by atoms with Crippen molar-refractivity contribution in [3.8, 4) is 0 Å². The standard InChI is InChI=1S/C28H25F3N4O3/c1-3-33(4-2)24(36)17-34-23-15-8-6-13-21(23)27(26(34)38)32-22-14-7-5-12-20(22)25(37)35(27)19-11-9-10-18(16-19)28(29,30)31/h5-16,32H,3-4,17H2,1-2H3. The first-order valence-electron chi connectivity index (χ1n) is 12.2. The number of anilines is 3. The molecule has 1 atom stereocenters. The highest BCUT2D eigenvalue weighted by Crippen LogP contribution is 2.50. The summed E-state index contributed by atoms with van der Waals surface area (Å²) in [6.45, 7) is 4.27. The highest BCUT2D eigenvalue weighted by molar-refractivity contribution is 6.23. The number of nitrogens with one attached hydrogen (secondary N) is 1. The molecular weight excluding hydrogens is 497 g/mol. The van der Waals surface area contributed by atoms with E-state index in [0.29, 0.717) is 30.0 Å². The maximum absolute atomic E-state index is 14.4. The number of fused-ring (bicyclic) bond motifs is 3. The lowest BCUT2D eigenvalue weighted by Crippen LogP contribution is -2.63. The van der Waals surface area contributed by atoms with Gasteiger partial charge in [-0.2, -0.15) is 13.2 Å². The summed E-state index contributed by atoms with van der Waals surface area (Å²) >= 11 is 0. The summed E-state index contributed by atoms with van der Waals surface area (Å²) in [4.78, 5) is 45.4. The molecule has 2 aliphatic rings. The normalized spacial score (nSPS) is 18.3. The van der Waals surface area contributed by atoms with E-state index in [1.54, 1.807) is 53.4 Å². The number of halogens is 3. The zero-order valence-electron chi connectivity index (χ0n) is 20.7. The van der Waals surface area contributed by atoms with Gasteiger partial charge in [0.05, 0.1) is 16.8 Å². The van der Waals surface area contributed by atoms with Crippen molar-refractivity contribution in [1.82, 2.24) is 4.90 Å². The average Bonchev–Trinajstić information content (AvgIpc) is 3.12. The van der Waals surface area contributed by atoms with Crippen molar-refractivity contribution in [1.29, 1.82) is 0 Å². The van der Waals surface area contributed by atoms with Crippen LogP contribution in [0.1, 0.15) is 35.3 Å². The first-order valence-corrected chi connectivity index (χ1v) is 12.2. The van der Waals surface area contributed by atoms with Crippen LogP contribution >= 0.6 is 0 Å². The molecule has 0 aliphatic carbocycles. The number of hydrogen-bond acceptors (Lipinski definition) is 4. The predicted octanol–water partition coefficient (Wildman–Crippen LogP) is 4.85. The largest absolute Gasteiger partial charge is 0.416 e. The Labute approximate surface area is 217 Å². The summed E-state index contributed by atoms with van der Waals surface area (Å²) in [7, 11) is 0. The van der Waals surface area contributed by atoms with Crippen molar-refractivity contribution >= 4 is 34.8 Å². The summed E-state index contributed by atoms with van der Waals surface area (Å²) in [6, 6.07) is 17.5. The third kappa shape index (κ3) is 3.79. The van der Waals surface area contributed by atoms with E-state index >= 15 is 0 Å². The molecular formula is C28H25F3N4O3. The van der Waals surface area contributed by atoms with E-state index in [0.717, 1.165) is 17.0 Å². The lowest BCUT2D eigenvalue weighted by atomic mass is 9.92. The van der Waals surface area contributed by atoms with Gasteiger partial charge >= 0.3 is 6.18 Å². The van der Waals surface area contributed by atoms with Gasteiger partial charge < -0.3 is 10.2 Å². The number of carbonyl (C=O) groups is 3. The van der Waals surface area contributed by atoms with Gasteiger partial charge in [0.1, 0.15) is 6.54 Å². The molecule has 0 saturated carbocycles. The van der Waals surface area contributed by atoms with E-state index in [1.807, 2.05) is 13.8 Å². The Morgan fingerprint density at radius 2 is 1.63 bits per heavy atom.